The second kappa shape index (κ2) is 6.57. The Hall–Kier alpha value is -2.47. The van der Waals surface area contributed by atoms with Gasteiger partial charge in [0.15, 0.2) is 5.82 Å². The SMILES string of the molecule is Cc1nocc1CN1CCCC(c2nc(-c3ccccc3)n[nH]2)C1. The first-order valence-corrected chi connectivity index (χ1v) is 8.39. The summed E-state index contributed by atoms with van der Waals surface area (Å²) < 4.78 is 5.05. The van der Waals surface area contributed by atoms with Crippen LogP contribution in [0.15, 0.2) is 41.1 Å². The van der Waals surface area contributed by atoms with E-state index in [1.807, 2.05) is 37.3 Å². The Bertz CT molecular complexity index is 795. The molecule has 6 nitrogen and oxygen atoms in total. The highest BCUT2D eigenvalue weighted by Crippen LogP contribution is 2.27. The molecule has 1 aliphatic heterocycles. The number of nitrogens with zero attached hydrogens (tertiary/aromatic N) is 4. The van der Waals surface area contributed by atoms with Crippen LogP contribution in [0.4, 0.5) is 0 Å². The first-order valence-electron chi connectivity index (χ1n) is 8.39. The number of piperidine rings is 1. The number of hydrogen-bond acceptors (Lipinski definition) is 5. The normalized spacial score (nSPS) is 18.8. The van der Waals surface area contributed by atoms with E-state index in [2.05, 4.69) is 20.3 Å². The molecule has 124 valence electrons. The molecule has 24 heavy (non-hydrogen) atoms. The first kappa shape index (κ1) is 15.1. The van der Waals surface area contributed by atoms with Gasteiger partial charge in [-0.3, -0.25) is 10.00 Å². The van der Waals surface area contributed by atoms with Crippen molar-refractivity contribution in [3.8, 4) is 11.4 Å². The van der Waals surface area contributed by atoms with Gasteiger partial charge in [-0.2, -0.15) is 5.10 Å². The van der Waals surface area contributed by atoms with Gasteiger partial charge in [0.1, 0.15) is 12.1 Å². The van der Waals surface area contributed by atoms with Gasteiger partial charge in [0.25, 0.3) is 0 Å². The Morgan fingerprint density at radius 3 is 2.96 bits per heavy atom. The van der Waals surface area contributed by atoms with Gasteiger partial charge in [-0.15, -0.1) is 0 Å². The maximum Gasteiger partial charge on any atom is 0.181 e. The molecule has 1 fully saturated rings. The summed E-state index contributed by atoms with van der Waals surface area (Å²) in [6, 6.07) is 10.1. The van der Waals surface area contributed by atoms with Gasteiger partial charge in [-0.25, -0.2) is 4.98 Å². The Morgan fingerprint density at radius 1 is 1.29 bits per heavy atom. The second-order valence-corrected chi connectivity index (χ2v) is 6.41. The largest absolute Gasteiger partial charge is 0.364 e. The Labute approximate surface area is 140 Å². The van der Waals surface area contributed by atoms with E-state index in [9.17, 15) is 0 Å². The number of aromatic nitrogens is 4. The number of aromatic amines is 1. The third kappa shape index (κ3) is 3.10. The van der Waals surface area contributed by atoms with Crippen molar-refractivity contribution in [1.29, 1.82) is 0 Å². The van der Waals surface area contributed by atoms with Crippen LogP contribution in [-0.2, 0) is 6.54 Å². The quantitative estimate of drug-likeness (QED) is 0.798. The predicted octanol–water partition coefficient (Wildman–Crippen LogP) is 3.15. The minimum Gasteiger partial charge on any atom is -0.364 e. The fraction of sp³-hybridized carbons (Fsp3) is 0.389. The molecule has 2 aromatic heterocycles. The molecule has 1 saturated heterocycles. The third-order valence-corrected chi connectivity index (χ3v) is 4.67. The number of likely N-dealkylation sites (tertiary alicyclic amines) is 1. The topological polar surface area (TPSA) is 70.8 Å². The average Bonchev–Trinajstić information content (AvgIpc) is 3.26. The predicted molar refractivity (Wildman–Crippen MR) is 90.3 cm³/mol. The summed E-state index contributed by atoms with van der Waals surface area (Å²) in [5, 5.41) is 11.5. The number of aryl methyl sites for hydroxylation is 1. The zero-order valence-corrected chi connectivity index (χ0v) is 13.8. The molecule has 1 atom stereocenters. The molecule has 3 aromatic rings. The molecule has 4 rings (SSSR count). The fourth-order valence-electron chi connectivity index (χ4n) is 3.30. The minimum absolute atomic E-state index is 0.392. The smallest absolute Gasteiger partial charge is 0.181 e. The van der Waals surface area contributed by atoms with Crippen molar-refractivity contribution >= 4 is 0 Å². The van der Waals surface area contributed by atoms with E-state index < -0.39 is 0 Å². The summed E-state index contributed by atoms with van der Waals surface area (Å²) in [6.07, 6.45) is 4.06. The molecule has 1 N–H and O–H groups in total. The van der Waals surface area contributed by atoms with E-state index in [0.717, 1.165) is 60.9 Å². The van der Waals surface area contributed by atoms with Crippen LogP contribution < -0.4 is 0 Å². The number of nitrogens with one attached hydrogen (secondary N) is 1. The van der Waals surface area contributed by atoms with Gasteiger partial charge in [0, 0.05) is 30.1 Å². The van der Waals surface area contributed by atoms with Crippen LogP contribution in [0.3, 0.4) is 0 Å². The second-order valence-electron chi connectivity index (χ2n) is 6.41. The third-order valence-electron chi connectivity index (χ3n) is 4.67. The zero-order valence-electron chi connectivity index (χ0n) is 13.8. The molecular formula is C18H21N5O. The van der Waals surface area contributed by atoms with E-state index in [1.165, 1.54) is 0 Å². The van der Waals surface area contributed by atoms with Crippen molar-refractivity contribution in [2.24, 2.45) is 0 Å². The lowest BCUT2D eigenvalue weighted by Gasteiger charge is -2.31. The molecule has 0 radical (unpaired) electrons. The fourth-order valence-corrected chi connectivity index (χ4v) is 3.30. The van der Waals surface area contributed by atoms with Crippen LogP contribution in [0.25, 0.3) is 11.4 Å². The standard InChI is InChI=1S/C18H21N5O/c1-13-16(12-24-22-13)11-23-9-5-8-15(10-23)18-19-17(20-21-18)14-6-3-2-4-7-14/h2-4,6-7,12,15H,5,8-11H2,1H3,(H,19,20,21). The molecule has 3 heterocycles. The average molecular weight is 323 g/mol. The van der Waals surface area contributed by atoms with Gasteiger partial charge < -0.3 is 4.52 Å². The lowest BCUT2D eigenvalue weighted by atomic mass is 9.97. The van der Waals surface area contributed by atoms with Crippen molar-refractivity contribution < 1.29 is 4.52 Å². The summed E-state index contributed by atoms with van der Waals surface area (Å²) in [7, 11) is 0. The van der Waals surface area contributed by atoms with E-state index in [-0.39, 0.29) is 0 Å². The number of rotatable bonds is 4. The van der Waals surface area contributed by atoms with E-state index >= 15 is 0 Å². The molecule has 0 amide bonds. The Morgan fingerprint density at radius 2 is 2.17 bits per heavy atom. The maximum atomic E-state index is 5.05. The van der Waals surface area contributed by atoms with Crippen LogP contribution in [0.5, 0.6) is 0 Å². The first-order chi connectivity index (χ1) is 11.8. The van der Waals surface area contributed by atoms with Gasteiger partial charge >= 0.3 is 0 Å². The summed E-state index contributed by atoms with van der Waals surface area (Å²) in [5.74, 6) is 2.15. The van der Waals surface area contributed by atoms with E-state index in [4.69, 9.17) is 9.51 Å². The summed E-state index contributed by atoms with van der Waals surface area (Å²) in [4.78, 5) is 7.17. The zero-order chi connectivity index (χ0) is 16.4. The molecule has 0 aliphatic carbocycles. The van der Waals surface area contributed by atoms with Gasteiger partial charge in [0.05, 0.1) is 5.69 Å². The molecular weight excluding hydrogens is 302 g/mol. The number of hydrogen-bond donors (Lipinski definition) is 1. The van der Waals surface area contributed by atoms with Gasteiger partial charge in [-0.05, 0) is 26.3 Å². The molecule has 0 saturated carbocycles. The summed E-state index contributed by atoms with van der Waals surface area (Å²) in [6.45, 7) is 4.95. The van der Waals surface area contributed by atoms with Crippen molar-refractivity contribution in [3.63, 3.8) is 0 Å². The highest BCUT2D eigenvalue weighted by molar-refractivity contribution is 5.53. The molecule has 0 spiro atoms. The van der Waals surface area contributed by atoms with Crippen molar-refractivity contribution in [2.45, 2.75) is 32.2 Å². The van der Waals surface area contributed by atoms with Crippen LogP contribution in [-0.4, -0.2) is 38.3 Å². The van der Waals surface area contributed by atoms with Crippen molar-refractivity contribution in [3.05, 3.63) is 53.7 Å². The van der Waals surface area contributed by atoms with E-state index in [0.29, 0.717) is 5.92 Å². The summed E-state index contributed by atoms with van der Waals surface area (Å²) >= 11 is 0. The van der Waals surface area contributed by atoms with Crippen LogP contribution >= 0.6 is 0 Å². The molecule has 0 bridgehead atoms. The molecule has 1 unspecified atom stereocenters. The monoisotopic (exact) mass is 323 g/mol. The molecule has 1 aromatic carbocycles. The lowest BCUT2D eigenvalue weighted by molar-refractivity contribution is 0.196. The van der Waals surface area contributed by atoms with Gasteiger partial charge in [0.2, 0.25) is 0 Å². The van der Waals surface area contributed by atoms with Crippen molar-refractivity contribution in [1.82, 2.24) is 25.2 Å². The molecule has 1 aliphatic rings. The van der Waals surface area contributed by atoms with Gasteiger partial charge in [-0.1, -0.05) is 35.5 Å². The Kier molecular flexibility index (Phi) is 4.13. The highest BCUT2D eigenvalue weighted by Gasteiger charge is 2.25. The number of H-pyrrole nitrogens is 1. The van der Waals surface area contributed by atoms with Crippen molar-refractivity contribution in [2.75, 3.05) is 13.1 Å². The van der Waals surface area contributed by atoms with Crippen LogP contribution in [0.1, 0.15) is 35.8 Å². The minimum atomic E-state index is 0.392. The Balaban J connectivity index is 1.46. The van der Waals surface area contributed by atoms with Crippen LogP contribution in [0.2, 0.25) is 0 Å². The highest BCUT2D eigenvalue weighted by atomic mass is 16.5. The van der Waals surface area contributed by atoms with E-state index in [1.54, 1.807) is 6.26 Å². The lowest BCUT2D eigenvalue weighted by Crippen LogP contribution is -2.34. The molecule has 6 heteroatoms. The maximum absolute atomic E-state index is 5.05. The summed E-state index contributed by atoms with van der Waals surface area (Å²) in [5.41, 5.74) is 3.19. The van der Waals surface area contributed by atoms with Crippen LogP contribution in [0, 0.1) is 6.92 Å². The number of benzene rings is 1.